The third-order valence-corrected chi connectivity index (χ3v) is 0.489. The first-order valence-electron chi connectivity index (χ1n) is 2.26. The number of allylic oxidation sites excluding steroid dienone is 1. The van der Waals surface area contributed by atoms with E-state index in [0.29, 0.717) is 0 Å². The smallest absolute Gasteiger partial charge is 0.0112 e. The molecule has 1 nitrogen and oxygen atoms in total. The molecular weight excluding hydrogens is 110 g/mol. The van der Waals surface area contributed by atoms with Gasteiger partial charge in [-0.05, 0) is 20.0 Å². The number of halogens is 1. The second-order valence-corrected chi connectivity index (χ2v) is 1.06. The van der Waals surface area contributed by atoms with Crippen LogP contribution in [0.2, 0.25) is 0 Å². The fraction of sp³-hybridized carbons (Fsp3) is 0.600. The Morgan fingerprint density at radius 3 is 2.29 bits per heavy atom. The maximum absolute atomic E-state index is 3.02. The molecule has 0 atom stereocenters. The Labute approximate surface area is 51.2 Å². The lowest BCUT2D eigenvalue weighted by Crippen LogP contribution is -2.00. The fourth-order valence-electron chi connectivity index (χ4n) is 0.236. The Hall–Kier alpha value is -0.170. The van der Waals surface area contributed by atoms with Crippen molar-refractivity contribution in [1.82, 2.24) is 5.32 Å². The van der Waals surface area contributed by atoms with Gasteiger partial charge in [0.15, 0.2) is 0 Å². The molecule has 0 bridgehead atoms. The van der Waals surface area contributed by atoms with Gasteiger partial charge in [-0.15, -0.1) is 12.4 Å². The highest BCUT2D eigenvalue weighted by atomic mass is 35.5. The van der Waals surface area contributed by atoms with Crippen LogP contribution in [0.5, 0.6) is 0 Å². The molecule has 7 heavy (non-hydrogen) atoms. The summed E-state index contributed by atoms with van der Waals surface area (Å²) in [5, 5.41) is 3.02. The maximum Gasteiger partial charge on any atom is 0.0112 e. The van der Waals surface area contributed by atoms with Crippen molar-refractivity contribution in [2.45, 2.75) is 13.8 Å². The minimum atomic E-state index is 0. The highest BCUT2D eigenvalue weighted by molar-refractivity contribution is 5.85. The van der Waals surface area contributed by atoms with Gasteiger partial charge in [0.2, 0.25) is 0 Å². The van der Waals surface area contributed by atoms with E-state index in [1.807, 2.05) is 19.2 Å². The molecule has 2 heteroatoms. The molecule has 0 rings (SSSR count). The summed E-state index contributed by atoms with van der Waals surface area (Å²) in [4.78, 5) is 0. The van der Waals surface area contributed by atoms with E-state index in [9.17, 15) is 0 Å². The average Bonchev–Trinajstić information content (AvgIpc) is 1.61. The molecule has 0 aromatic heterocycles. The molecule has 0 unspecified atom stereocenters. The lowest BCUT2D eigenvalue weighted by Gasteiger charge is -1.85. The Bertz CT molecular complexity index is 43.3. The van der Waals surface area contributed by atoms with Gasteiger partial charge in [-0.25, -0.2) is 0 Å². The van der Waals surface area contributed by atoms with Crippen molar-refractivity contribution in [3.8, 4) is 0 Å². The van der Waals surface area contributed by atoms with Gasteiger partial charge in [0, 0.05) is 6.54 Å². The van der Waals surface area contributed by atoms with E-state index in [0.717, 1.165) is 6.54 Å². The van der Waals surface area contributed by atoms with Crippen LogP contribution in [0.25, 0.3) is 0 Å². The summed E-state index contributed by atoms with van der Waals surface area (Å²) in [6.07, 6.45) is 3.91. The Morgan fingerprint density at radius 2 is 2.14 bits per heavy atom. The maximum atomic E-state index is 3.02. The quantitative estimate of drug-likeness (QED) is 0.585. The molecule has 0 fully saturated rings. The molecular formula is C5H12ClN. The topological polar surface area (TPSA) is 12.0 Å². The average molecular weight is 122 g/mol. The Balaban J connectivity index is 0. The first kappa shape index (κ1) is 9.95. The molecule has 0 aliphatic carbocycles. The van der Waals surface area contributed by atoms with Crippen LogP contribution in [0.1, 0.15) is 13.8 Å². The standard InChI is InChI=1S/C5H11N.ClH/c1-3-5-6-4-2;/h3,5-6H,4H2,1-2H3;1H. The summed E-state index contributed by atoms with van der Waals surface area (Å²) in [6.45, 7) is 5.08. The van der Waals surface area contributed by atoms with Crippen LogP contribution in [0.3, 0.4) is 0 Å². The molecule has 0 saturated carbocycles. The monoisotopic (exact) mass is 121 g/mol. The molecule has 0 spiro atoms. The third kappa shape index (κ3) is 10.7. The van der Waals surface area contributed by atoms with Crippen LogP contribution >= 0.6 is 12.4 Å². The van der Waals surface area contributed by atoms with Crippen LogP contribution in [0.15, 0.2) is 12.3 Å². The molecule has 0 radical (unpaired) electrons. The molecule has 0 aromatic rings. The summed E-state index contributed by atoms with van der Waals surface area (Å²) in [7, 11) is 0. The van der Waals surface area contributed by atoms with E-state index >= 15 is 0 Å². The van der Waals surface area contributed by atoms with Crippen molar-refractivity contribution in [3.63, 3.8) is 0 Å². The zero-order chi connectivity index (χ0) is 4.83. The van der Waals surface area contributed by atoms with Crippen LogP contribution in [0.4, 0.5) is 0 Å². The van der Waals surface area contributed by atoms with Crippen LogP contribution in [-0.4, -0.2) is 6.54 Å². The SMILES string of the molecule is CC=CNCC.Cl. The zero-order valence-electron chi connectivity index (χ0n) is 4.77. The highest BCUT2D eigenvalue weighted by Crippen LogP contribution is 1.58. The van der Waals surface area contributed by atoms with Crippen molar-refractivity contribution in [3.05, 3.63) is 12.3 Å². The minimum absolute atomic E-state index is 0. The second kappa shape index (κ2) is 9.27. The molecule has 44 valence electrons. The molecule has 0 amide bonds. The summed E-state index contributed by atoms with van der Waals surface area (Å²) in [5.41, 5.74) is 0. The van der Waals surface area contributed by atoms with Gasteiger partial charge in [0.1, 0.15) is 0 Å². The summed E-state index contributed by atoms with van der Waals surface area (Å²) in [5.74, 6) is 0. The van der Waals surface area contributed by atoms with Gasteiger partial charge in [-0.3, -0.25) is 0 Å². The minimum Gasteiger partial charge on any atom is -0.391 e. The molecule has 0 aromatic carbocycles. The van der Waals surface area contributed by atoms with E-state index in [4.69, 9.17) is 0 Å². The lowest BCUT2D eigenvalue weighted by atomic mass is 10.6. The predicted molar refractivity (Wildman–Crippen MR) is 35.7 cm³/mol. The molecule has 0 aliphatic rings. The summed E-state index contributed by atoms with van der Waals surface area (Å²) in [6, 6.07) is 0. The predicted octanol–water partition coefficient (Wildman–Crippen LogP) is 1.55. The fourth-order valence-corrected chi connectivity index (χ4v) is 0.236. The number of nitrogens with one attached hydrogen (secondary N) is 1. The van der Waals surface area contributed by atoms with E-state index in [1.54, 1.807) is 0 Å². The first-order valence-corrected chi connectivity index (χ1v) is 2.26. The van der Waals surface area contributed by atoms with Crippen LogP contribution < -0.4 is 5.32 Å². The molecule has 0 aliphatic heterocycles. The van der Waals surface area contributed by atoms with Gasteiger partial charge in [-0.2, -0.15) is 0 Å². The lowest BCUT2D eigenvalue weighted by molar-refractivity contribution is 0.917. The van der Waals surface area contributed by atoms with Gasteiger partial charge >= 0.3 is 0 Å². The van der Waals surface area contributed by atoms with Crippen molar-refractivity contribution in [2.24, 2.45) is 0 Å². The van der Waals surface area contributed by atoms with Gasteiger partial charge in [0.25, 0.3) is 0 Å². The van der Waals surface area contributed by atoms with Crippen LogP contribution in [0, 0.1) is 0 Å². The van der Waals surface area contributed by atoms with Crippen molar-refractivity contribution in [1.29, 1.82) is 0 Å². The van der Waals surface area contributed by atoms with Crippen molar-refractivity contribution in [2.75, 3.05) is 6.54 Å². The van der Waals surface area contributed by atoms with E-state index < -0.39 is 0 Å². The number of hydrogen-bond acceptors (Lipinski definition) is 1. The summed E-state index contributed by atoms with van der Waals surface area (Å²) >= 11 is 0. The second-order valence-electron chi connectivity index (χ2n) is 1.06. The van der Waals surface area contributed by atoms with E-state index in [1.165, 1.54) is 0 Å². The van der Waals surface area contributed by atoms with Crippen LogP contribution in [-0.2, 0) is 0 Å². The largest absolute Gasteiger partial charge is 0.391 e. The van der Waals surface area contributed by atoms with E-state index in [2.05, 4.69) is 12.2 Å². The Morgan fingerprint density at radius 1 is 1.57 bits per heavy atom. The first-order chi connectivity index (χ1) is 2.91. The van der Waals surface area contributed by atoms with E-state index in [-0.39, 0.29) is 12.4 Å². The number of rotatable bonds is 2. The Kier molecular flexibility index (Phi) is 13.2. The third-order valence-electron chi connectivity index (χ3n) is 0.489. The summed E-state index contributed by atoms with van der Waals surface area (Å²) < 4.78 is 0. The molecule has 0 heterocycles. The van der Waals surface area contributed by atoms with Gasteiger partial charge in [0.05, 0.1) is 0 Å². The zero-order valence-corrected chi connectivity index (χ0v) is 5.59. The van der Waals surface area contributed by atoms with Gasteiger partial charge < -0.3 is 5.32 Å². The molecule has 1 N–H and O–H groups in total. The van der Waals surface area contributed by atoms with Crippen molar-refractivity contribution < 1.29 is 0 Å². The highest BCUT2D eigenvalue weighted by Gasteiger charge is 1.58. The van der Waals surface area contributed by atoms with Crippen molar-refractivity contribution >= 4 is 12.4 Å². The number of hydrogen-bond donors (Lipinski definition) is 1. The molecule has 0 saturated heterocycles. The normalized spacial score (nSPS) is 8.29. The van der Waals surface area contributed by atoms with Gasteiger partial charge in [-0.1, -0.05) is 6.08 Å².